The van der Waals surface area contributed by atoms with E-state index in [2.05, 4.69) is 281 Å². The van der Waals surface area contributed by atoms with E-state index in [0.29, 0.717) is 0 Å². The first kappa shape index (κ1) is 53.2. The van der Waals surface area contributed by atoms with Gasteiger partial charge in [-0.1, -0.05) is 204 Å². The number of rotatable bonds is 4. The summed E-state index contributed by atoms with van der Waals surface area (Å²) in [6.45, 7) is 33.9. The molecule has 0 spiro atoms. The Bertz CT molecular complexity index is 4260. The highest BCUT2D eigenvalue weighted by atomic mass is 15.3. The SMILES string of the molecule is Cc1cc2c3c(c1)N(c1ccc(C(C)(C)C)cc1-c1ccccc1)c1cc(N4c5ccc(C(C)(C)C)cc5C5(C)CCCCC45C)ccc1B3c1cc3c(cc1N2c1cc2c(cc1C)C(C)(C)c1ccccc1C2(C)C)Cc1ccccc1C3. The number of anilines is 8. The molecule has 6 aliphatic rings. The Morgan fingerprint density at radius 1 is 0.417 bits per heavy atom. The Kier molecular flexibility index (Phi) is 11.4. The quantitative estimate of drug-likeness (QED) is 0.163. The van der Waals surface area contributed by atoms with Crippen LogP contribution >= 0.6 is 0 Å². The van der Waals surface area contributed by atoms with E-state index in [-0.39, 0.29) is 39.3 Å². The molecule has 4 heteroatoms. The molecule has 1 fully saturated rings. The van der Waals surface area contributed by atoms with Gasteiger partial charge in [-0.3, -0.25) is 0 Å². The van der Waals surface area contributed by atoms with Crippen molar-refractivity contribution in [2.24, 2.45) is 0 Å². The fraction of sp³-hybridized carbons (Fsp3) is 0.325. The molecule has 0 aromatic heterocycles. The Balaban J connectivity index is 1.03. The average molecular weight is 1100 g/mol. The lowest BCUT2D eigenvalue weighted by Crippen LogP contribution is -2.61. The van der Waals surface area contributed by atoms with E-state index >= 15 is 0 Å². The normalized spacial score (nSPS) is 20.2. The van der Waals surface area contributed by atoms with Crippen molar-refractivity contribution in [3.05, 3.63) is 242 Å². The van der Waals surface area contributed by atoms with E-state index in [9.17, 15) is 0 Å². The minimum Gasteiger partial charge on any atom is -0.334 e. The van der Waals surface area contributed by atoms with E-state index in [0.717, 1.165) is 19.3 Å². The zero-order valence-electron chi connectivity index (χ0n) is 52.3. The molecular formula is C80H82BN3. The van der Waals surface area contributed by atoms with Gasteiger partial charge in [-0.2, -0.15) is 0 Å². The van der Waals surface area contributed by atoms with Crippen molar-refractivity contribution in [3.8, 4) is 11.1 Å². The second-order valence-electron chi connectivity index (χ2n) is 29.8. The summed E-state index contributed by atoms with van der Waals surface area (Å²) in [7, 11) is 0. The van der Waals surface area contributed by atoms with Crippen LogP contribution in [0, 0.1) is 13.8 Å². The van der Waals surface area contributed by atoms with Crippen LogP contribution in [0.4, 0.5) is 45.5 Å². The molecule has 1 saturated carbocycles. The smallest absolute Gasteiger partial charge is 0.252 e. The van der Waals surface area contributed by atoms with Crippen molar-refractivity contribution < 1.29 is 0 Å². The van der Waals surface area contributed by atoms with Gasteiger partial charge in [-0.25, -0.2) is 0 Å². The van der Waals surface area contributed by atoms with E-state index < -0.39 is 0 Å². The zero-order chi connectivity index (χ0) is 58.4. The molecule has 2 atom stereocenters. The monoisotopic (exact) mass is 1100 g/mol. The van der Waals surface area contributed by atoms with Crippen molar-refractivity contribution in [1.29, 1.82) is 0 Å². The third kappa shape index (κ3) is 7.50. The number of benzene rings is 9. The van der Waals surface area contributed by atoms with Gasteiger partial charge in [-0.15, -0.1) is 0 Å². The first-order valence-electron chi connectivity index (χ1n) is 31.5. The molecule has 420 valence electrons. The molecule has 3 heterocycles. The van der Waals surface area contributed by atoms with Crippen molar-refractivity contribution >= 4 is 68.6 Å². The van der Waals surface area contributed by atoms with Crippen LogP contribution in [0.1, 0.15) is 181 Å². The molecule has 0 amide bonds. The van der Waals surface area contributed by atoms with Gasteiger partial charge in [0.1, 0.15) is 0 Å². The van der Waals surface area contributed by atoms with Crippen LogP contribution in [-0.4, -0.2) is 12.3 Å². The molecule has 2 unspecified atom stereocenters. The van der Waals surface area contributed by atoms with E-state index in [1.165, 1.54) is 165 Å². The van der Waals surface area contributed by atoms with Crippen LogP contribution in [0.15, 0.2) is 170 Å². The Labute approximate surface area is 501 Å². The summed E-state index contributed by atoms with van der Waals surface area (Å²) in [5.74, 6) is 0. The number of hydrogen-bond acceptors (Lipinski definition) is 3. The lowest BCUT2D eigenvalue weighted by molar-refractivity contribution is 0.195. The number of nitrogens with zero attached hydrogens (tertiary/aromatic N) is 3. The Morgan fingerprint density at radius 3 is 1.63 bits per heavy atom. The standard InChI is InChI=1S/C80H82BN3/c1-49-38-72-74-73(39-49)83(69-48-63-62(40-50(69)2)77(9,10)60-28-20-21-29-61(60)78(63,11)12)70-44-55-42-53-27-19-18-26-52(53)41-54(55)43-66(70)81(74)65-33-32-58(84-68-35-31-57(76(6,7)8)46-64(68)79(13)36-22-23-37-80(79,84)14)47-71(65)82(72)67-34-30-56(75(3,4)5)45-59(67)51-24-16-15-17-25-51/h15-21,24-35,38-40,43-48H,22-23,36-37,41-42H2,1-14H3. The lowest BCUT2D eigenvalue weighted by atomic mass is 9.33. The van der Waals surface area contributed by atoms with Crippen LogP contribution in [0.5, 0.6) is 0 Å². The third-order valence-electron chi connectivity index (χ3n) is 22.0. The maximum Gasteiger partial charge on any atom is 0.252 e. The largest absolute Gasteiger partial charge is 0.334 e. The number of aryl methyl sites for hydroxylation is 2. The molecule has 15 rings (SSSR count). The maximum absolute atomic E-state index is 2.81. The topological polar surface area (TPSA) is 9.72 Å². The minimum atomic E-state index is -0.214. The highest BCUT2D eigenvalue weighted by Crippen LogP contribution is 2.62. The average Bonchev–Trinajstić information content (AvgIpc) is 1.12. The first-order valence-corrected chi connectivity index (χ1v) is 31.5. The highest BCUT2D eigenvalue weighted by Gasteiger charge is 2.58. The van der Waals surface area contributed by atoms with Crippen molar-refractivity contribution in [2.75, 3.05) is 14.7 Å². The number of fused-ring (bicyclic) bond motifs is 11. The fourth-order valence-corrected chi connectivity index (χ4v) is 17.0. The van der Waals surface area contributed by atoms with Gasteiger partial charge >= 0.3 is 0 Å². The summed E-state index contributed by atoms with van der Waals surface area (Å²) in [5, 5.41) is 0. The van der Waals surface area contributed by atoms with Gasteiger partial charge in [0.05, 0.1) is 11.2 Å². The predicted molar refractivity (Wildman–Crippen MR) is 358 cm³/mol. The van der Waals surface area contributed by atoms with Crippen molar-refractivity contribution in [3.63, 3.8) is 0 Å². The zero-order valence-corrected chi connectivity index (χ0v) is 52.3. The Hall–Kier alpha value is -7.56. The molecule has 84 heavy (non-hydrogen) atoms. The van der Waals surface area contributed by atoms with Gasteiger partial charge in [-0.05, 0) is 206 Å². The first-order chi connectivity index (χ1) is 40.0. The van der Waals surface area contributed by atoms with E-state index in [1.54, 1.807) is 0 Å². The summed E-state index contributed by atoms with van der Waals surface area (Å²) in [6.07, 6.45) is 6.67. The number of hydrogen-bond donors (Lipinski definition) is 0. The lowest BCUT2D eigenvalue weighted by Gasteiger charge is -2.51. The summed E-state index contributed by atoms with van der Waals surface area (Å²) in [6, 6.07) is 67.8. The minimum absolute atomic E-state index is 0.00798. The molecule has 0 bridgehead atoms. The van der Waals surface area contributed by atoms with E-state index in [1.807, 2.05) is 0 Å². The van der Waals surface area contributed by atoms with Crippen molar-refractivity contribution in [2.45, 2.75) is 168 Å². The van der Waals surface area contributed by atoms with Crippen LogP contribution in [0.2, 0.25) is 0 Å². The summed E-state index contributed by atoms with van der Waals surface area (Å²) in [4.78, 5) is 8.26. The highest BCUT2D eigenvalue weighted by molar-refractivity contribution is 7.00. The van der Waals surface area contributed by atoms with Gasteiger partial charge in [0.25, 0.3) is 6.71 Å². The van der Waals surface area contributed by atoms with Gasteiger partial charge in [0, 0.05) is 61.6 Å². The van der Waals surface area contributed by atoms with Gasteiger partial charge in [0.15, 0.2) is 0 Å². The van der Waals surface area contributed by atoms with Crippen LogP contribution in [-0.2, 0) is 39.9 Å². The van der Waals surface area contributed by atoms with Crippen LogP contribution < -0.4 is 31.1 Å². The molecule has 0 N–H and O–H groups in total. The van der Waals surface area contributed by atoms with E-state index in [4.69, 9.17) is 0 Å². The second kappa shape index (κ2) is 18.0. The van der Waals surface area contributed by atoms with Crippen LogP contribution in [0.25, 0.3) is 11.1 Å². The molecule has 0 radical (unpaired) electrons. The predicted octanol–water partition coefficient (Wildman–Crippen LogP) is 18.9. The fourth-order valence-electron chi connectivity index (χ4n) is 17.0. The second-order valence-corrected chi connectivity index (χ2v) is 29.8. The van der Waals surface area contributed by atoms with Gasteiger partial charge in [0.2, 0.25) is 0 Å². The molecule has 3 aliphatic heterocycles. The molecular weight excluding hydrogens is 1010 g/mol. The molecule has 9 aromatic rings. The van der Waals surface area contributed by atoms with Crippen LogP contribution in [0.3, 0.4) is 0 Å². The molecule has 0 saturated heterocycles. The molecule has 3 aliphatic carbocycles. The summed E-state index contributed by atoms with van der Waals surface area (Å²) < 4.78 is 0. The van der Waals surface area contributed by atoms with Gasteiger partial charge < -0.3 is 14.7 Å². The Morgan fingerprint density at radius 2 is 0.976 bits per heavy atom. The summed E-state index contributed by atoms with van der Waals surface area (Å²) in [5.41, 5.74) is 34.6. The molecule has 3 nitrogen and oxygen atoms in total. The van der Waals surface area contributed by atoms with Crippen molar-refractivity contribution in [1.82, 2.24) is 0 Å². The third-order valence-corrected chi connectivity index (χ3v) is 22.0. The molecule has 9 aromatic carbocycles. The summed E-state index contributed by atoms with van der Waals surface area (Å²) >= 11 is 0. The maximum atomic E-state index is 2.81.